The van der Waals surface area contributed by atoms with Crippen molar-refractivity contribution in [2.24, 2.45) is 0 Å². The van der Waals surface area contributed by atoms with Gasteiger partial charge < -0.3 is 9.55 Å². The predicted molar refractivity (Wildman–Crippen MR) is 80.9 cm³/mol. The lowest BCUT2D eigenvalue weighted by atomic mass is 10.3. The summed E-state index contributed by atoms with van der Waals surface area (Å²) in [7, 11) is 0. The van der Waals surface area contributed by atoms with Crippen LogP contribution in [0.5, 0.6) is 0 Å². The van der Waals surface area contributed by atoms with Crippen molar-refractivity contribution in [1.82, 2.24) is 14.5 Å². The van der Waals surface area contributed by atoms with Gasteiger partial charge in [0.15, 0.2) is 5.16 Å². The number of hydrogen-bond acceptors (Lipinski definition) is 5. The third-order valence-electron chi connectivity index (χ3n) is 3.45. The monoisotopic (exact) mass is 309 g/mol. The van der Waals surface area contributed by atoms with Crippen LogP contribution in [-0.4, -0.2) is 20.3 Å². The van der Waals surface area contributed by atoms with Crippen LogP contribution in [-0.2, 0) is 19.4 Å². The molecule has 2 aromatic heterocycles. The van der Waals surface area contributed by atoms with Crippen LogP contribution in [0.15, 0.2) is 20.1 Å². The van der Waals surface area contributed by atoms with E-state index >= 15 is 0 Å². The fourth-order valence-electron chi connectivity index (χ4n) is 2.40. The summed E-state index contributed by atoms with van der Waals surface area (Å²) in [6.45, 7) is 2.57. The SMILES string of the molecule is Cc1csc(=O)n1CCSc1nc2c(c(=O)[nH]1)CCC2. The predicted octanol–water partition coefficient (Wildman–Crippen LogP) is 1.58. The standard InChI is InChI=1S/C13H15N3O2S2/c1-8-7-20-13(18)16(8)5-6-19-12-14-10-4-2-3-9(10)11(17)15-12/h7H,2-6H2,1H3,(H,14,15,17). The van der Waals surface area contributed by atoms with Gasteiger partial charge in [0.1, 0.15) is 0 Å². The molecule has 0 bridgehead atoms. The molecule has 2 aromatic rings. The number of H-pyrrole nitrogens is 1. The molecule has 106 valence electrons. The molecule has 0 aliphatic heterocycles. The molecule has 0 unspecified atom stereocenters. The molecule has 0 fully saturated rings. The third kappa shape index (κ3) is 2.60. The highest BCUT2D eigenvalue weighted by Crippen LogP contribution is 2.19. The first kappa shape index (κ1) is 13.6. The lowest BCUT2D eigenvalue weighted by molar-refractivity contribution is 0.729. The summed E-state index contributed by atoms with van der Waals surface area (Å²) in [6, 6.07) is 0. The maximum atomic E-state index is 11.9. The number of nitrogens with zero attached hydrogens (tertiary/aromatic N) is 2. The van der Waals surface area contributed by atoms with Gasteiger partial charge in [0, 0.05) is 28.9 Å². The summed E-state index contributed by atoms with van der Waals surface area (Å²) in [5.41, 5.74) is 2.77. The summed E-state index contributed by atoms with van der Waals surface area (Å²) < 4.78 is 1.75. The Morgan fingerprint density at radius 1 is 1.45 bits per heavy atom. The Labute approximate surface area is 124 Å². The minimum absolute atomic E-state index is 0.00104. The first-order chi connectivity index (χ1) is 9.65. The van der Waals surface area contributed by atoms with Gasteiger partial charge in [-0.2, -0.15) is 0 Å². The first-order valence-corrected chi connectivity index (χ1v) is 8.41. The van der Waals surface area contributed by atoms with E-state index in [4.69, 9.17) is 0 Å². The largest absolute Gasteiger partial charge is 0.307 e. The van der Waals surface area contributed by atoms with Crippen LogP contribution in [0.3, 0.4) is 0 Å². The zero-order chi connectivity index (χ0) is 14.1. The van der Waals surface area contributed by atoms with Crippen molar-refractivity contribution >= 4 is 23.1 Å². The Balaban J connectivity index is 1.69. The molecule has 20 heavy (non-hydrogen) atoms. The highest BCUT2D eigenvalue weighted by Gasteiger charge is 2.17. The Morgan fingerprint density at radius 3 is 3.05 bits per heavy atom. The quantitative estimate of drug-likeness (QED) is 0.688. The number of nitrogens with one attached hydrogen (secondary N) is 1. The topological polar surface area (TPSA) is 67.8 Å². The molecule has 5 nitrogen and oxygen atoms in total. The van der Waals surface area contributed by atoms with Gasteiger partial charge >= 0.3 is 4.87 Å². The van der Waals surface area contributed by atoms with Crippen LogP contribution in [0.4, 0.5) is 0 Å². The van der Waals surface area contributed by atoms with Crippen molar-refractivity contribution in [1.29, 1.82) is 0 Å². The number of aryl methyl sites for hydroxylation is 2. The second-order valence-corrected chi connectivity index (χ2v) is 6.70. The molecule has 3 rings (SSSR count). The zero-order valence-electron chi connectivity index (χ0n) is 11.1. The van der Waals surface area contributed by atoms with Crippen molar-refractivity contribution in [3.8, 4) is 0 Å². The van der Waals surface area contributed by atoms with E-state index < -0.39 is 0 Å². The van der Waals surface area contributed by atoms with Crippen LogP contribution in [0.1, 0.15) is 23.4 Å². The van der Waals surface area contributed by atoms with Gasteiger partial charge in [-0.05, 0) is 26.2 Å². The summed E-state index contributed by atoms with van der Waals surface area (Å²) in [5.74, 6) is 0.721. The molecule has 1 aliphatic carbocycles. The molecule has 0 spiro atoms. The fraction of sp³-hybridized carbons (Fsp3) is 0.462. The number of aromatic amines is 1. The van der Waals surface area contributed by atoms with Crippen LogP contribution < -0.4 is 10.4 Å². The van der Waals surface area contributed by atoms with E-state index in [1.165, 1.54) is 23.1 Å². The molecule has 1 N–H and O–H groups in total. The molecule has 0 saturated heterocycles. The van der Waals surface area contributed by atoms with E-state index in [2.05, 4.69) is 9.97 Å². The lowest BCUT2D eigenvalue weighted by Gasteiger charge is -2.05. The van der Waals surface area contributed by atoms with Crippen molar-refractivity contribution in [3.63, 3.8) is 0 Å². The molecule has 0 radical (unpaired) electrons. The Hall–Kier alpha value is -1.34. The number of fused-ring (bicyclic) bond motifs is 1. The fourth-order valence-corrected chi connectivity index (χ4v) is 3.96. The Morgan fingerprint density at radius 2 is 2.30 bits per heavy atom. The number of thiazole rings is 1. The highest BCUT2D eigenvalue weighted by molar-refractivity contribution is 7.99. The molecule has 1 aliphatic rings. The second kappa shape index (κ2) is 5.57. The average Bonchev–Trinajstić information content (AvgIpc) is 3.00. The Kier molecular flexibility index (Phi) is 3.80. The lowest BCUT2D eigenvalue weighted by Crippen LogP contribution is -2.17. The zero-order valence-corrected chi connectivity index (χ0v) is 12.8. The van der Waals surface area contributed by atoms with Crippen molar-refractivity contribution in [2.45, 2.75) is 37.9 Å². The second-order valence-electron chi connectivity index (χ2n) is 4.79. The van der Waals surface area contributed by atoms with Crippen LogP contribution in [0.2, 0.25) is 0 Å². The molecular formula is C13H15N3O2S2. The molecule has 0 amide bonds. The minimum Gasteiger partial charge on any atom is -0.303 e. The van der Waals surface area contributed by atoms with Gasteiger partial charge in [0.25, 0.3) is 5.56 Å². The van der Waals surface area contributed by atoms with Gasteiger partial charge in [0.2, 0.25) is 0 Å². The van der Waals surface area contributed by atoms with Crippen molar-refractivity contribution < 1.29 is 0 Å². The van der Waals surface area contributed by atoms with Gasteiger partial charge in [0.05, 0.1) is 5.69 Å². The smallest absolute Gasteiger partial charge is 0.303 e. The first-order valence-electron chi connectivity index (χ1n) is 6.55. The summed E-state index contributed by atoms with van der Waals surface area (Å²) >= 11 is 2.72. The number of thioether (sulfide) groups is 1. The van der Waals surface area contributed by atoms with Crippen LogP contribution in [0.25, 0.3) is 0 Å². The maximum Gasteiger partial charge on any atom is 0.307 e. The van der Waals surface area contributed by atoms with Crippen molar-refractivity contribution in [3.05, 3.63) is 42.4 Å². The van der Waals surface area contributed by atoms with E-state index in [1.54, 1.807) is 4.57 Å². The number of rotatable bonds is 4. The summed E-state index contributed by atoms with van der Waals surface area (Å²) in [5, 5.41) is 2.53. The normalized spacial score (nSPS) is 13.7. The van der Waals surface area contributed by atoms with E-state index in [0.29, 0.717) is 11.7 Å². The van der Waals surface area contributed by atoms with E-state index in [1.807, 2.05) is 12.3 Å². The van der Waals surface area contributed by atoms with Gasteiger partial charge in [-0.1, -0.05) is 23.1 Å². The van der Waals surface area contributed by atoms with E-state index in [0.717, 1.165) is 42.0 Å². The van der Waals surface area contributed by atoms with Gasteiger partial charge in [-0.25, -0.2) is 4.98 Å². The van der Waals surface area contributed by atoms with E-state index in [-0.39, 0.29) is 10.4 Å². The highest BCUT2D eigenvalue weighted by atomic mass is 32.2. The van der Waals surface area contributed by atoms with Crippen LogP contribution in [0, 0.1) is 6.92 Å². The molecule has 7 heteroatoms. The van der Waals surface area contributed by atoms with Gasteiger partial charge in [-0.15, -0.1) is 0 Å². The molecular weight excluding hydrogens is 294 g/mol. The Bertz CT molecular complexity index is 745. The number of hydrogen-bond donors (Lipinski definition) is 1. The summed E-state index contributed by atoms with van der Waals surface area (Å²) in [6.07, 6.45) is 2.76. The maximum absolute atomic E-state index is 11.9. The summed E-state index contributed by atoms with van der Waals surface area (Å²) in [4.78, 5) is 30.9. The van der Waals surface area contributed by atoms with Crippen molar-refractivity contribution in [2.75, 3.05) is 5.75 Å². The number of aromatic nitrogens is 3. The van der Waals surface area contributed by atoms with Crippen LogP contribution >= 0.6 is 23.1 Å². The van der Waals surface area contributed by atoms with Gasteiger partial charge in [-0.3, -0.25) is 9.59 Å². The molecule has 2 heterocycles. The molecule has 0 aromatic carbocycles. The molecule has 0 saturated carbocycles. The molecule has 0 atom stereocenters. The average molecular weight is 309 g/mol. The minimum atomic E-state index is -0.00104. The third-order valence-corrected chi connectivity index (χ3v) is 5.18. The van der Waals surface area contributed by atoms with E-state index in [9.17, 15) is 9.59 Å².